The summed E-state index contributed by atoms with van der Waals surface area (Å²) in [4.78, 5) is 11.7. The van der Waals surface area contributed by atoms with Gasteiger partial charge in [-0.1, -0.05) is 18.2 Å². The molecule has 21 heavy (non-hydrogen) atoms. The molecule has 0 radical (unpaired) electrons. The topological polar surface area (TPSA) is 50.4 Å². The minimum atomic E-state index is 0.0525. The summed E-state index contributed by atoms with van der Waals surface area (Å²) in [6.07, 6.45) is 2.39. The molecule has 2 aromatic rings. The van der Waals surface area contributed by atoms with Gasteiger partial charge in [0.2, 0.25) is 5.91 Å². The summed E-state index contributed by atoms with van der Waals surface area (Å²) >= 11 is 0. The van der Waals surface area contributed by atoms with Gasteiger partial charge in [0.05, 0.1) is 13.7 Å². The van der Waals surface area contributed by atoms with Gasteiger partial charge in [-0.15, -0.1) is 0 Å². The van der Waals surface area contributed by atoms with Crippen LogP contribution in [-0.2, 0) is 11.3 Å². The molecule has 2 aromatic carbocycles. The Kier molecular flexibility index (Phi) is 4.06. The first-order valence-electron chi connectivity index (χ1n) is 7.31. The van der Waals surface area contributed by atoms with E-state index in [0.29, 0.717) is 19.1 Å². The largest absolute Gasteiger partial charge is 0.497 e. The van der Waals surface area contributed by atoms with E-state index in [1.807, 2.05) is 24.3 Å². The van der Waals surface area contributed by atoms with Crippen LogP contribution in [0.5, 0.6) is 5.75 Å². The van der Waals surface area contributed by atoms with Crippen LogP contribution >= 0.6 is 0 Å². The molecule has 3 rings (SSSR count). The van der Waals surface area contributed by atoms with E-state index < -0.39 is 0 Å². The van der Waals surface area contributed by atoms with E-state index in [9.17, 15) is 4.79 Å². The number of carbonyl (C=O) groups excluding carboxylic acids is 1. The van der Waals surface area contributed by atoms with Crippen LogP contribution in [0.15, 0.2) is 36.4 Å². The Hall–Kier alpha value is -2.07. The molecule has 4 heteroatoms. The number of hydrogen-bond acceptors (Lipinski definition) is 3. The third-order valence-electron chi connectivity index (χ3n) is 3.73. The molecule has 110 valence electrons. The van der Waals surface area contributed by atoms with Crippen LogP contribution in [0.25, 0.3) is 10.8 Å². The molecule has 1 fully saturated rings. The Morgan fingerprint density at radius 2 is 1.95 bits per heavy atom. The van der Waals surface area contributed by atoms with E-state index in [0.717, 1.165) is 22.1 Å². The van der Waals surface area contributed by atoms with E-state index >= 15 is 0 Å². The molecule has 0 atom stereocenters. The van der Waals surface area contributed by atoms with Gasteiger partial charge in [-0.25, -0.2) is 0 Å². The first kappa shape index (κ1) is 13.9. The monoisotopic (exact) mass is 284 g/mol. The van der Waals surface area contributed by atoms with Crippen molar-refractivity contribution in [1.29, 1.82) is 0 Å². The zero-order valence-electron chi connectivity index (χ0n) is 12.2. The van der Waals surface area contributed by atoms with Crippen molar-refractivity contribution in [3.05, 3.63) is 42.0 Å². The van der Waals surface area contributed by atoms with Crippen molar-refractivity contribution in [2.45, 2.75) is 25.4 Å². The second-order valence-corrected chi connectivity index (χ2v) is 5.48. The minimum absolute atomic E-state index is 0.0525. The molecule has 0 aromatic heterocycles. The zero-order valence-corrected chi connectivity index (χ0v) is 12.2. The molecule has 1 aliphatic carbocycles. The highest BCUT2D eigenvalue weighted by molar-refractivity contribution is 5.84. The van der Waals surface area contributed by atoms with Crippen molar-refractivity contribution in [1.82, 2.24) is 10.6 Å². The number of fused-ring (bicyclic) bond motifs is 1. The molecule has 0 bridgehead atoms. The number of carbonyl (C=O) groups is 1. The molecule has 4 nitrogen and oxygen atoms in total. The normalized spacial score (nSPS) is 14.1. The molecule has 1 saturated carbocycles. The number of methoxy groups -OCH3 is 1. The van der Waals surface area contributed by atoms with Crippen molar-refractivity contribution >= 4 is 16.7 Å². The Morgan fingerprint density at radius 1 is 1.19 bits per heavy atom. The van der Waals surface area contributed by atoms with Gasteiger partial charge in [-0.3, -0.25) is 4.79 Å². The summed E-state index contributed by atoms with van der Waals surface area (Å²) in [5, 5.41) is 8.44. The van der Waals surface area contributed by atoms with Gasteiger partial charge >= 0.3 is 0 Å². The molecule has 0 aliphatic heterocycles. The van der Waals surface area contributed by atoms with Crippen LogP contribution in [0.2, 0.25) is 0 Å². The summed E-state index contributed by atoms with van der Waals surface area (Å²) in [6.45, 7) is 0.975. The highest BCUT2D eigenvalue weighted by Crippen LogP contribution is 2.21. The number of amides is 1. The fraction of sp³-hybridized carbons (Fsp3) is 0.353. The third-order valence-corrected chi connectivity index (χ3v) is 3.73. The van der Waals surface area contributed by atoms with Crippen LogP contribution in [0.3, 0.4) is 0 Å². The van der Waals surface area contributed by atoms with E-state index in [2.05, 4.69) is 22.8 Å². The standard InChI is InChI=1S/C17H20N2O2/c1-21-16-7-4-13-8-12(2-3-14(13)9-16)10-19-17(20)11-18-15-5-6-15/h2-4,7-9,15,18H,5-6,10-11H2,1H3,(H,19,20). The number of hydrogen-bond donors (Lipinski definition) is 2. The summed E-state index contributed by atoms with van der Waals surface area (Å²) in [5.41, 5.74) is 1.10. The van der Waals surface area contributed by atoms with Gasteiger partial charge < -0.3 is 15.4 Å². The highest BCUT2D eigenvalue weighted by atomic mass is 16.5. The van der Waals surface area contributed by atoms with E-state index in [1.54, 1.807) is 7.11 Å². The van der Waals surface area contributed by atoms with Crippen molar-refractivity contribution in [2.24, 2.45) is 0 Å². The van der Waals surface area contributed by atoms with Crippen molar-refractivity contribution in [3.63, 3.8) is 0 Å². The summed E-state index contributed by atoms with van der Waals surface area (Å²) < 4.78 is 5.22. The van der Waals surface area contributed by atoms with Crippen LogP contribution in [0.1, 0.15) is 18.4 Å². The minimum Gasteiger partial charge on any atom is -0.497 e. The lowest BCUT2D eigenvalue weighted by atomic mass is 10.1. The number of ether oxygens (including phenoxy) is 1. The smallest absolute Gasteiger partial charge is 0.234 e. The molecule has 1 aliphatic rings. The second-order valence-electron chi connectivity index (χ2n) is 5.48. The maximum absolute atomic E-state index is 11.7. The number of nitrogens with one attached hydrogen (secondary N) is 2. The molecule has 0 heterocycles. The van der Waals surface area contributed by atoms with Gasteiger partial charge in [-0.2, -0.15) is 0 Å². The third kappa shape index (κ3) is 3.73. The Labute approximate surface area is 124 Å². The fourth-order valence-electron chi connectivity index (χ4n) is 2.30. The summed E-state index contributed by atoms with van der Waals surface area (Å²) in [7, 11) is 1.67. The van der Waals surface area contributed by atoms with Crippen LogP contribution in [-0.4, -0.2) is 25.6 Å². The molecule has 0 spiro atoms. The van der Waals surface area contributed by atoms with E-state index in [-0.39, 0.29) is 5.91 Å². The van der Waals surface area contributed by atoms with Gasteiger partial charge in [0.25, 0.3) is 0 Å². The first-order valence-corrected chi connectivity index (χ1v) is 7.31. The summed E-state index contributed by atoms with van der Waals surface area (Å²) in [6, 6.07) is 12.8. The molecular weight excluding hydrogens is 264 g/mol. The Bertz CT molecular complexity index is 650. The van der Waals surface area contributed by atoms with Crippen LogP contribution in [0.4, 0.5) is 0 Å². The maximum atomic E-state index is 11.7. The molecule has 0 unspecified atom stereocenters. The molecular formula is C17H20N2O2. The fourth-order valence-corrected chi connectivity index (χ4v) is 2.30. The summed E-state index contributed by atoms with van der Waals surface area (Å²) in [5.74, 6) is 0.909. The Balaban J connectivity index is 1.59. The molecule has 2 N–H and O–H groups in total. The SMILES string of the molecule is COc1ccc2cc(CNC(=O)CNC3CC3)ccc2c1. The average molecular weight is 284 g/mol. The van der Waals surface area contributed by atoms with Gasteiger partial charge in [-0.05, 0) is 47.4 Å². The average Bonchev–Trinajstić information content (AvgIpc) is 3.34. The van der Waals surface area contributed by atoms with Crippen LogP contribution in [0, 0.1) is 0 Å². The lowest BCUT2D eigenvalue weighted by Crippen LogP contribution is -2.34. The van der Waals surface area contributed by atoms with Gasteiger partial charge in [0.15, 0.2) is 0 Å². The number of rotatable bonds is 6. The number of benzene rings is 2. The second kappa shape index (κ2) is 6.14. The van der Waals surface area contributed by atoms with Gasteiger partial charge in [0.1, 0.15) is 5.75 Å². The van der Waals surface area contributed by atoms with Crippen molar-refractivity contribution in [2.75, 3.05) is 13.7 Å². The zero-order chi connectivity index (χ0) is 14.7. The molecule has 1 amide bonds. The van der Waals surface area contributed by atoms with Gasteiger partial charge in [0, 0.05) is 12.6 Å². The highest BCUT2D eigenvalue weighted by Gasteiger charge is 2.20. The Morgan fingerprint density at radius 3 is 2.71 bits per heavy atom. The lowest BCUT2D eigenvalue weighted by molar-refractivity contribution is -0.120. The van der Waals surface area contributed by atoms with E-state index in [1.165, 1.54) is 12.8 Å². The van der Waals surface area contributed by atoms with Crippen LogP contribution < -0.4 is 15.4 Å². The maximum Gasteiger partial charge on any atom is 0.234 e. The van der Waals surface area contributed by atoms with Crippen molar-refractivity contribution < 1.29 is 9.53 Å². The first-order chi connectivity index (χ1) is 10.2. The predicted molar refractivity (Wildman–Crippen MR) is 83.4 cm³/mol. The van der Waals surface area contributed by atoms with E-state index in [4.69, 9.17) is 4.74 Å². The predicted octanol–water partition coefficient (Wildman–Crippen LogP) is 2.22. The van der Waals surface area contributed by atoms with Crippen molar-refractivity contribution in [3.8, 4) is 5.75 Å². The quantitative estimate of drug-likeness (QED) is 0.855. The molecule has 0 saturated heterocycles. The lowest BCUT2D eigenvalue weighted by Gasteiger charge is -2.08.